The van der Waals surface area contributed by atoms with E-state index in [1.807, 2.05) is 22.9 Å². The van der Waals surface area contributed by atoms with E-state index >= 15 is 0 Å². The normalized spacial score (nSPS) is 19.9. The van der Waals surface area contributed by atoms with Crippen molar-refractivity contribution in [1.82, 2.24) is 9.78 Å². The minimum absolute atomic E-state index is 0.0195. The number of phenols is 1. The second-order valence-electron chi connectivity index (χ2n) is 4.53. The predicted molar refractivity (Wildman–Crippen MR) is 68.2 cm³/mol. The molecule has 4 heteroatoms. The van der Waals surface area contributed by atoms with Crippen LogP contribution in [-0.2, 0) is 4.74 Å². The average Bonchev–Trinajstić information content (AvgIpc) is 2.89. The molecule has 0 radical (unpaired) electrons. The molecule has 0 spiro atoms. The Morgan fingerprint density at radius 2 is 2.22 bits per heavy atom. The van der Waals surface area contributed by atoms with Crippen LogP contribution in [0.1, 0.15) is 25.5 Å². The predicted octanol–water partition coefficient (Wildman–Crippen LogP) is 2.95. The van der Waals surface area contributed by atoms with Crippen molar-refractivity contribution in [3.63, 3.8) is 0 Å². The zero-order valence-corrected chi connectivity index (χ0v) is 10.1. The Balaban J connectivity index is 1.95. The second kappa shape index (κ2) is 4.82. The lowest BCUT2D eigenvalue weighted by molar-refractivity contribution is -0.0383. The third-order valence-corrected chi connectivity index (χ3v) is 3.24. The number of phenolic OH excluding ortho intramolecular Hbond substituents is 1. The van der Waals surface area contributed by atoms with E-state index in [1.54, 1.807) is 18.3 Å². The van der Waals surface area contributed by atoms with Crippen LogP contribution in [0.25, 0.3) is 11.3 Å². The topological polar surface area (TPSA) is 47.3 Å². The van der Waals surface area contributed by atoms with Gasteiger partial charge < -0.3 is 9.84 Å². The first-order chi connectivity index (χ1) is 8.84. The Morgan fingerprint density at radius 1 is 1.28 bits per heavy atom. The summed E-state index contributed by atoms with van der Waals surface area (Å²) >= 11 is 0. The zero-order valence-electron chi connectivity index (χ0n) is 10.1. The van der Waals surface area contributed by atoms with Crippen LogP contribution in [0, 0.1) is 0 Å². The summed E-state index contributed by atoms with van der Waals surface area (Å²) in [5.74, 6) is 0.268. The van der Waals surface area contributed by atoms with Gasteiger partial charge in [-0.25, -0.2) is 4.68 Å². The van der Waals surface area contributed by atoms with Crippen molar-refractivity contribution in [3.8, 4) is 17.0 Å². The van der Waals surface area contributed by atoms with Crippen molar-refractivity contribution in [1.29, 1.82) is 0 Å². The number of hydrogen-bond acceptors (Lipinski definition) is 3. The molecule has 1 aliphatic rings. The maximum absolute atomic E-state index is 9.55. The molecule has 4 nitrogen and oxygen atoms in total. The zero-order chi connectivity index (χ0) is 12.4. The van der Waals surface area contributed by atoms with E-state index in [0.29, 0.717) is 0 Å². The molecule has 1 aromatic heterocycles. The smallest absolute Gasteiger partial charge is 0.150 e. The Labute approximate surface area is 106 Å². The molecule has 2 aromatic rings. The Bertz CT molecular complexity index is 530. The van der Waals surface area contributed by atoms with Crippen molar-refractivity contribution < 1.29 is 9.84 Å². The van der Waals surface area contributed by atoms with E-state index in [2.05, 4.69) is 5.10 Å². The number of rotatable bonds is 2. The number of ether oxygens (including phenoxy) is 1. The Hall–Kier alpha value is -1.81. The van der Waals surface area contributed by atoms with E-state index in [0.717, 1.165) is 30.7 Å². The molecular formula is C14H16N2O2. The fourth-order valence-electron chi connectivity index (χ4n) is 2.35. The van der Waals surface area contributed by atoms with Gasteiger partial charge in [-0.3, -0.25) is 0 Å². The summed E-state index contributed by atoms with van der Waals surface area (Å²) in [6.45, 7) is 0.796. The largest absolute Gasteiger partial charge is 0.508 e. The van der Waals surface area contributed by atoms with Crippen LogP contribution in [0.3, 0.4) is 0 Å². The molecule has 1 aliphatic heterocycles. The molecule has 0 bridgehead atoms. The van der Waals surface area contributed by atoms with Crippen molar-refractivity contribution >= 4 is 0 Å². The van der Waals surface area contributed by atoms with Crippen LogP contribution in [0.5, 0.6) is 5.75 Å². The fourth-order valence-corrected chi connectivity index (χ4v) is 2.35. The van der Waals surface area contributed by atoms with Gasteiger partial charge in [0.05, 0.1) is 5.69 Å². The van der Waals surface area contributed by atoms with E-state index < -0.39 is 0 Å². The third-order valence-electron chi connectivity index (χ3n) is 3.24. The van der Waals surface area contributed by atoms with E-state index in [9.17, 15) is 5.11 Å². The molecule has 0 amide bonds. The number of aromatic nitrogens is 2. The quantitative estimate of drug-likeness (QED) is 0.883. The van der Waals surface area contributed by atoms with Crippen LogP contribution >= 0.6 is 0 Å². The summed E-state index contributed by atoms with van der Waals surface area (Å²) < 4.78 is 7.66. The van der Waals surface area contributed by atoms with E-state index in [1.165, 1.54) is 6.42 Å². The van der Waals surface area contributed by atoms with Gasteiger partial charge in [0.1, 0.15) is 5.75 Å². The Kier molecular flexibility index (Phi) is 3.02. The standard InChI is InChI=1S/C14H16N2O2/c17-12-5-3-4-11(10-12)13-7-8-15-16(13)14-6-1-2-9-18-14/h3-5,7-8,10,14,17H,1-2,6,9H2. The van der Waals surface area contributed by atoms with Gasteiger partial charge in [-0.1, -0.05) is 12.1 Å². The summed E-state index contributed by atoms with van der Waals surface area (Å²) in [4.78, 5) is 0. The molecule has 1 aromatic carbocycles. The summed E-state index contributed by atoms with van der Waals surface area (Å²) in [7, 11) is 0. The first-order valence-electron chi connectivity index (χ1n) is 6.29. The van der Waals surface area contributed by atoms with Crippen molar-refractivity contribution in [2.45, 2.75) is 25.5 Å². The fraction of sp³-hybridized carbons (Fsp3) is 0.357. The number of hydrogen-bond donors (Lipinski definition) is 1. The number of benzene rings is 1. The SMILES string of the molecule is Oc1cccc(-c2ccnn2C2CCCCO2)c1. The number of nitrogens with zero attached hydrogens (tertiary/aromatic N) is 2. The molecule has 94 valence electrons. The van der Waals surface area contributed by atoms with Crippen molar-refractivity contribution in [2.24, 2.45) is 0 Å². The second-order valence-corrected chi connectivity index (χ2v) is 4.53. The molecule has 1 unspecified atom stereocenters. The van der Waals surface area contributed by atoms with Crippen molar-refractivity contribution in [2.75, 3.05) is 6.61 Å². The minimum Gasteiger partial charge on any atom is -0.508 e. The lowest BCUT2D eigenvalue weighted by Gasteiger charge is -2.24. The molecule has 0 saturated carbocycles. The molecule has 1 fully saturated rings. The highest BCUT2D eigenvalue weighted by molar-refractivity contribution is 5.61. The monoisotopic (exact) mass is 244 g/mol. The first kappa shape index (κ1) is 11.3. The van der Waals surface area contributed by atoms with Crippen molar-refractivity contribution in [3.05, 3.63) is 36.5 Å². The minimum atomic E-state index is 0.0195. The number of aromatic hydroxyl groups is 1. The highest BCUT2D eigenvalue weighted by Crippen LogP contribution is 2.29. The van der Waals surface area contributed by atoms with E-state index in [-0.39, 0.29) is 12.0 Å². The van der Waals surface area contributed by atoms with Crippen LogP contribution in [0.4, 0.5) is 0 Å². The van der Waals surface area contributed by atoms with Crippen LogP contribution in [-0.4, -0.2) is 21.5 Å². The van der Waals surface area contributed by atoms with Gasteiger partial charge >= 0.3 is 0 Å². The summed E-state index contributed by atoms with van der Waals surface area (Å²) in [5.41, 5.74) is 1.94. The highest BCUT2D eigenvalue weighted by Gasteiger charge is 2.19. The van der Waals surface area contributed by atoms with Gasteiger partial charge in [0.2, 0.25) is 0 Å². The molecule has 1 saturated heterocycles. The summed E-state index contributed by atoms with van der Waals surface area (Å²) in [5, 5.41) is 13.9. The van der Waals surface area contributed by atoms with E-state index in [4.69, 9.17) is 4.74 Å². The third kappa shape index (κ3) is 2.11. The van der Waals surface area contributed by atoms with Gasteiger partial charge in [0.25, 0.3) is 0 Å². The average molecular weight is 244 g/mol. The van der Waals surface area contributed by atoms with Gasteiger partial charge in [0, 0.05) is 18.4 Å². The van der Waals surface area contributed by atoms with Gasteiger partial charge in [0.15, 0.2) is 6.23 Å². The first-order valence-corrected chi connectivity index (χ1v) is 6.29. The molecule has 18 heavy (non-hydrogen) atoms. The van der Waals surface area contributed by atoms with Gasteiger partial charge in [-0.15, -0.1) is 0 Å². The van der Waals surface area contributed by atoms with Crippen LogP contribution < -0.4 is 0 Å². The highest BCUT2D eigenvalue weighted by atomic mass is 16.5. The molecule has 2 heterocycles. The van der Waals surface area contributed by atoms with Crippen LogP contribution in [0.15, 0.2) is 36.5 Å². The van der Waals surface area contributed by atoms with Gasteiger partial charge in [-0.2, -0.15) is 5.10 Å². The Morgan fingerprint density at radius 3 is 3.00 bits per heavy atom. The summed E-state index contributed by atoms with van der Waals surface area (Å²) in [6.07, 6.45) is 5.08. The molecule has 0 aliphatic carbocycles. The lowest BCUT2D eigenvalue weighted by atomic mass is 10.1. The maximum atomic E-state index is 9.55. The lowest BCUT2D eigenvalue weighted by Crippen LogP contribution is -2.19. The molecule has 1 atom stereocenters. The molecule has 3 rings (SSSR count). The molecule has 1 N–H and O–H groups in total. The maximum Gasteiger partial charge on any atom is 0.150 e. The molecular weight excluding hydrogens is 228 g/mol. The van der Waals surface area contributed by atoms with Crippen LogP contribution in [0.2, 0.25) is 0 Å². The summed E-state index contributed by atoms with van der Waals surface area (Å²) in [6, 6.07) is 9.17. The van der Waals surface area contributed by atoms with Gasteiger partial charge in [-0.05, 0) is 37.5 Å².